The average Bonchev–Trinajstić information content (AvgIpc) is 2.54. The van der Waals surface area contributed by atoms with Crippen LogP contribution >= 0.6 is 0 Å². The van der Waals surface area contributed by atoms with E-state index in [0.29, 0.717) is 13.1 Å². The Labute approximate surface area is 143 Å². The van der Waals surface area contributed by atoms with Gasteiger partial charge < -0.3 is 14.7 Å². The Morgan fingerprint density at radius 1 is 1.54 bits per heavy atom. The molecule has 2 unspecified atom stereocenters. The molecule has 0 aromatic heterocycles. The minimum absolute atomic E-state index is 0.0501. The third-order valence-electron chi connectivity index (χ3n) is 4.37. The fraction of sp³-hybridized carbons (Fsp3) is 0.611. The predicted molar refractivity (Wildman–Crippen MR) is 89.9 cm³/mol. The number of nitrogens with zero attached hydrogens (tertiary/aromatic N) is 2. The molecule has 0 spiro atoms. The van der Waals surface area contributed by atoms with Crippen LogP contribution in [0.2, 0.25) is 0 Å². The topological polar surface area (TPSA) is 53.0 Å². The molecule has 134 valence electrons. The van der Waals surface area contributed by atoms with Gasteiger partial charge >= 0.3 is 0 Å². The number of benzene rings is 1. The molecule has 1 aromatic rings. The molecular weight excluding hydrogens is 311 g/mol. The van der Waals surface area contributed by atoms with Crippen LogP contribution in [-0.4, -0.2) is 67.3 Å². The number of halogens is 1. The summed E-state index contributed by atoms with van der Waals surface area (Å²) >= 11 is 0. The summed E-state index contributed by atoms with van der Waals surface area (Å²) in [5.41, 5.74) is 0.923. The molecule has 0 saturated carbocycles. The summed E-state index contributed by atoms with van der Waals surface area (Å²) in [7, 11) is 3.24. The van der Waals surface area contributed by atoms with Crippen molar-refractivity contribution in [2.75, 3.05) is 40.4 Å². The van der Waals surface area contributed by atoms with Crippen LogP contribution in [0.1, 0.15) is 18.4 Å². The number of likely N-dealkylation sites (N-methyl/N-ethyl adjacent to an activating group) is 1. The lowest BCUT2D eigenvalue weighted by Crippen LogP contribution is -2.45. The molecule has 1 fully saturated rings. The first-order valence-electron chi connectivity index (χ1n) is 8.38. The Morgan fingerprint density at radius 3 is 3.04 bits per heavy atom. The maximum Gasteiger partial charge on any atom is 0.226 e. The number of hydrogen-bond acceptors (Lipinski definition) is 4. The molecule has 2 rings (SSSR count). The fourth-order valence-electron chi connectivity index (χ4n) is 3.26. The van der Waals surface area contributed by atoms with Crippen molar-refractivity contribution in [1.82, 2.24) is 9.80 Å². The summed E-state index contributed by atoms with van der Waals surface area (Å²) in [5, 5.41) is 9.77. The first kappa shape index (κ1) is 18.8. The molecule has 1 aromatic carbocycles. The van der Waals surface area contributed by atoms with E-state index in [1.807, 2.05) is 6.07 Å². The minimum Gasteiger partial charge on any atom is -0.389 e. The zero-order valence-corrected chi connectivity index (χ0v) is 14.4. The van der Waals surface area contributed by atoms with Crippen molar-refractivity contribution in [2.24, 2.45) is 5.92 Å². The molecule has 5 nitrogen and oxygen atoms in total. The quantitative estimate of drug-likeness (QED) is 0.819. The van der Waals surface area contributed by atoms with Crippen LogP contribution in [0.5, 0.6) is 0 Å². The van der Waals surface area contributed by atoms with Gasteiger partial charge in [-0.05, 0) is 37.1 Å². The second kappa shape index (κ2) is 9.11. The highest BCUT2D eigenvalue weighted by Crippen LogP contribution is 2.20. The highest BCUT2D eigenvalue weighted by Gasteiger charge is 2.28. The van der Waals surface area contributed by atoms with Crippen LogP contribution < -0.4 is 0 Å². The molecular formula is C18H27FN2O3. The van der Waals surface area contributed by atoms with Crippen LogP contribution in [0.15, 0.2) is 24.3 Å². The second-order valence-electron chi connectivity index (χ2n) is 6.53. The smallest absolute Gasteiger partial charge is 0.226 e. The molecule has 1 aliphatic rings. The number of carbonyl (C=O) groups is 1. The Hall–Kier alpha value is -1.50. The number of amides is 1. The van der Waals surface area contributed by atoms with Crippen LogP contribution in [0.3, 0.4) is 0 Å². The Balaban J connectivity index is 1.88. The minimum atomic E-state index is -0.670. The first-order chi connectivity index (χ1) is 11.5. The van der Waals surface area contributed by atoms with E-state index in [0.717, 1.165) is 24.9 Å². The molecule has 2 atom stereocenters. The van der Waals surface area contributed by atoms with Gasteiger partial charge in [-0.1, -0.05) is 12.1 Å². The van der Waals surface area contributed by atoms with Gasteiger partial charge in [0.05, 0.1) is 18.6 Å². The van der Waals surface area contributed by atoms with Gasteiger partial charge in [-0.2, -0.15) is 0 Å². The van der Waals surface area contributed by atoms with Gasteiger partial charge in [-0.25, -0.2) is 4.39 Å². The number of aliphatic hydroxyl groups excluding tert-OH is 1. The van der Waals surface area contributed by atoms with Crippen LogP contribution in [0, 0.1) is 11.7 Å². The molecule has 24 heavy (non-hydrogen) atoms. The van der Waals surface area contributed by atoms with E-state index in [1.165, 1.54) is 13.2 Å². The molecule has 0 radical (unpaired) electrons. The maximum absolute atomic E-state index is 13.3. The average molecular weight is 338 g/mol. The van der Waals surface area contributed by atoms with Gasteiger partial charge in [-0.3, -0.25) is 9.69 Å². The van der Waals surface area contributed by atoms with Gasteiger partial charge in [0.1, 0.15) is 5.82 Å². The molecule has 1 aliphatic heterocycles. The zero-order valence-electron chi connectivity index (χ0n) is 14.4. The van der Waals surface area contributed by atoms with E-state index in [4.69, 9.17) is 4.74 Å². The Bertz CT molecular complexity index is 541. The Morgan fingerprint density at radius 2 is 2.33 bits per heavy atom. The number of piperidine rings is 1. The molecule has 1 amide bonds. The number of methoxy groups -OCH3 is 1. The van der Waals surface area contributed by atoms with Crippen LogP contribution in [-0.2, 0) is 16.1 Å². The number of aliphatic hydroxyl groups is 1. The van der Waals surface area contributed by atoms with Gasteiger partial charge in [0.15, 0.2) is 0 Å². The monoisotopic (exact) mass is 338 g/mol. The predicted octanol–water partition coefficient (Wildman–Crippen LogP) is 1.50. The van der Waals surface area contributed by atoms with Crippen molar-refractivity contribution in [3.63, 3.8) is 0 Å². The maximum atomic E-state index is 13.3. The van der Waals surface area contributed by atoms with Crippen molar-refractivity contribution in [3.05, 3.63) is 35.6 Å². The number of hydrogen-bond donors (Lipinski definition) is 1. The molecule has 0 aliphatic carbocycles. The fourth-order valence-corrected chi connectivity index (χ4v) is 3.26. The van der Waals surface area contributed by atoms with E-state index in [9.17, 15) is 14.3 Å². The Kier molecular flexibility index (Phi) is 7.15. The molecule has 6 heteroatoms. The van der Waals surface area contributed by atoms with Crippen LogP contribution in [0.4, 0.5) is 4.39 Å². The highest BCUT2D eigenvalue weighted by atomic mass is 19.1. The van der Waals surface area contributed by atoms with E-state index < -0.39 is 6.10 Å². The van der Waals surface area contributed by atoms with E-state index in [-0.39, 0.29) is 30.8 Å². The third-order valence-corrected chi connectivity index (χ3v) is 4.37. The van der Waals surface area contributed by atoms with Crippen LogP contribution in [0.25, 0.3) is 0 Å². The van der Waals surface area contributed by atoms with Gasteiger partial charge in [0, 0.05) is 33.8 Å². The van der Waals surface area contributed by atoms with E-state index in [2.05, 4.69) is 4.90 Å². The van der Waals surface area contributed by atoms with Crippen molar-refractivity contribution in [2.45, 2.75) is 25.5 Å². The number of carbonyl (C=O) groups excluding carboxylic acids is 1. The third kappa shape index (κ3) is 5.54. The number of likely N-dealkylation sites (tertiary alicyclic amines) is 1. The van der Waals surface area contributed by atoms with E-state index in [1.54, 1.807) is 24.1 Å². The summed E-state index contributed by atoms with van der Waals surface area (Å²) in [6.07, 6.45) is 1.12. The molecule has 1 N–H and O–H groups in total. The summed E-state index contributed by atoms with van der Waals surface area (Å²) in [6, 6.07) is 6.59. The van der Waals surface area contributed by atoms with Crippen molar-refractivity contribution >= 4 is 5.91 Å². The van der Waals surface area contributed by atoms with Crippen molar-refractivity contribution in [3.8, 4) is 0 Å². The highest BCUT2D eigenvalue weighted by molar-refractivity contribution is 5.79. The van der Waals surface area contributed by atoms with Gasteiger partial charge in [0.25, 0.3) is 0 Å². The standard InChI is InChI=1S/C18H27FN2O3/c1-20(12-17(22)13-24-2)18(23)15-6-4-8-21(11-15)10-14-5-3-7-16(19)9-14/h3,5,7,9,15,17,22H,4,6,8,10-13H2,1-2H3. The lowest BCUT2D eigenvalue weighted by atomic mass is 9.96. The summed E-state index contributed by atoms with van der Waals surface area (Å²) < 4.78 is 18.2. The van der Waals surface area contributed by atoms with Gasteiger partial charge in [-0.15, -0.1) is 0 Å². The van der Waals surface area contributed by atoms with Crippen molar-refractivity contribution in [1.29, 1.82) is 0 Å². The lowest BCUT2D eigenvalue weighted by Gasteiger charge is -2.34. The zero-order chi connectivity index (χ0) is 17.5. The largest absolute Gasteiger partial charge is 0.389 e. The molecule has 1 saturated heterocycles. The van der Waals surface area contributed by atoms with Crippen molar-refractivity contribution < 1.29 is 19.0 Å². The van der Waals surface area contributed by atoms with Gasteiger partial charge in [0.2, 0.25) is 5.91 Å². The summed E-state index contributed by atoms with van der Waals surface area (Å²) in [4.78, 5) is 16.4. The summed E-state index contributed by atoms with van der Waals surface area (Å²) in [5.74, 6) is -0.259. The number of rotatable bonds is 7. The first-order valence-corrected chi connectivity index (χ1v) is 8.38. The molecule has 0 bridgehead atoms. The SMILES string of the molecule is COCC(O)CN(C)C(=O)C1CCCN(Cc2cccc(F)c2)C1. The second-order valence-corrected chi connectivity index (χ2v) is 6.53. The normalized spacial score (nSPS) is 19.9. The number of ether oxygens (including phenoxy) is 1. The lowest BCUT2D eigenvalue weighted by molar-refractivity contribution is -0.137. The molecule has 1 heterocycles. The summed E-state index contributed by atoms with van der Waals surface area (Å²) in [6.45, 7) is 2.72. The van der Waals surface area contributed by atoms with E-state index >= 15 is 0 Å².